The van der Waals surface area contributed by atoms with Crippen molar-refractivity contribution in [3.05, 3.63) is 18.1 Å². The van der Waals surface area contributed by atoms with E-state index in [-0.39, 0.29) is 17.1 Å². The molecule has 1 aliphatic carbocycles. The maximum absolute atomic E-state index is 10.1. The van der Waals surface area contributed by atoms with E-state index in [1.807, 2.05) is 11.9 Å². The van der Waals surface area contributed by atoms with E-state index in [4.69, 9.17) is 18.0 Å². The fraction of sp³-hybridized carbons (Fsp3) is 0.583. The minimum absolute atomic E-state index is 0.0588. The number of hydrogen-bond acceptors (Lipinski definition) is 5. The van der Waals surface area contributed by atoms with Crippen LogP contribution >= 0.6 is 12.2 Å². The Kier molecular flexibility index (Phi) is 4.08. The summed E-state index contributed by atoms with van der Waals surface area (Å²) in [5, 5.41) is 10.1. The number of thiocarbonyl (C=S) groups is 1. The van der Waals surface area contributed by atoms with Crippen LogP contribution in [-0.4, -0.2) is 39.3 Å². The Hall–Kier alpha value is -1.27. The lowest BCUT2D eigenvalue weighted by Gasteiger charge is -2.36. The van der Waals surface area contributed by atoms with E-state index in [2.05, 4.69) is 9.97 Å². The van der Waals surface area contributed by atoms with Crippen molar-refractivity contribution in [2.75, 3.05) is 11.9 Å². The van der Waals surface area contributed by atoms with Crippen LogP contribution in [0.15, 0.2) is 12.4 Å². The number of aromatic nitrogens is 2. The lowest BCUT2D eigenvalue weighted by molar-refractivity contribution is 0.106. The van der Waals surface area contributed by atoms with Gasteiger partial charge in [0.25, 0.3) is 0 Å². The molecule has 0 aromatic carbocycles. The van der Waals surface area contributed by atoms with Gasteiger partial charge < -0.3 is 15.7 Å². The molecule has 2 unspecified atom stereocenters. The van der Waals surface area contributed by atoms with Crippen LogP contribution in [0.2, 0.25) is 0 Å². The molecule has 1 fully saturated rings. The lowest BCUT2D eigenvalue weighted by atomic mass is 9.91. The quantitative estimate of drug-likeness (QED) is 0.790. The number of nitrogens with two attached hydrogens (primary N) is 1. The minimum Gasteiger partial charge on any atom is -0.391 e. The van der Waals surface area contributed by atoms with Crippen LogP contribution in [0, 0.1) is 0 Å². The van der Waals surface area contributed by atoms with Gasteiger partial charge in [0.1, 0.15) is 10.7 Å². The SMILES string of the molecule is CN(c1nccnc1C(N)=S)C1CCCCC1O. The van der Waals surface area contributed by atoms with Crippen LogP contribution in [0.4, 0.5) is 5.82 Å². The summed E-state index contributed by atoms with van der Waals surface area (Å²) in [5.41, 5.74) is 6.18. The fourth-order valence-corrected chi connectivity index (χ4v) is 2.61. The van der Waals surface area contributed by atoms with Gasteiger partial charge in [-0.25, -0.2) is 9.97 Å². The summed E-state index contributed by atoms with van der Waals surface area (Å²) < 4.78 is 0. The number of likely N-dealkylation sites (N-methyl/N-ethyl adjacent to an activating group) is 1. The summed E-state index contributed by atoms with van der Waals surface area (Å²) in [6, 6.07) is 0.0588. The van der Waals surface area contributed by atoms with Crippen LogP contribution in [-0.2, 0) is 0 Å². The molecule has 0 spiro atoms. The first-order chi connectivity index (χ1) is 8.61. The first-order valence-corrected chi connectivity index (χ1v) is 6.54. The number of aliphatic hydroxyl groups is 1. The first-order valence-electron chi connectivity index (χ1n) is 6.13. The summed E-state index contributed by atoms with van der Waals surface area (Å²) in [6.07, 6.45) is 6.84. The third-order valence-corrected chi connectivity index (χ3v) is 3.63. The van der Waals surface area contributed by atoms with Gasteiger partial charge in [0, 0.05) is 19.4 Å². The summed E-state index contributed by atoms with van der Waals surface area (Å²) in [6.45, 7) is 0. The summed E-state index contributed by atoms with van der Waals surface area (Å²) in [5.74, 6) is 0.649. The van der Waals surface area contributed by atoms with Crippen molar-refractivity contribution in [3.63, 3.8) is 0 Å². The Balaban J connectivity index is 2.27. The minimum atomic E-state index is -0.329. The second-order valence-corrected chi connectivity index (χ2v) is 5.06. The zero-order chi connectivity index (χ0) is 13.1. The molecule has 2 rings (SSSR count). The largest absolute Gasteiger partial charge is 0.391 e. The van der Waals surface area contributed by atoms with Crippen LogP contribution < -0.4 is 10.6 Å². The molecule has 0 amide bonds. The maximum Gasteiger partial charge on any atom is 0.157 e. The molecule has 98 valence electrons. The summed E-state index contributed by atoms with van der Waals surface area (Å²) >= 11 is 4.99. The highest BCUT2D eigenvalue weighted by Crippen LogP contribution is 2.26. The van der Waals surface area contributed by atoms with Crippen LogP contribution in [0.25, 0.3) is 0 Å². The van der Waals surface area contributed by atoms with E-state index >= 15 is 0 Å². The van der Waals surface area contributed by atoms with Crippen molar-refractivity contribution in [3.8, 4) is 0 Å². The average molecular weight is 266 g/mol. The van der Waals surface area contributed by atoms with E-state index in [9.17, 15) is 5.11 Å². The molecular weight excluding hydrogens is 248 g/mol. The molecule has 1 aliphatic rings. The van der Waals surface area contributed by atoms with E-state index in [1.165, 1.54) is 0 Å². The van der Waals surface area contributed by atoms with E-state index in [1.54, 1.807) is 12.4 Å². The van der Waals surface area contributed by atoms with Crippen molar-refractivity contribution in [2.24, 2.45) is 5.73 Å². The predicted molar refractivity (Wildman–Crippen MR) is 74.6 cm³/mol. The van der Waals surface area contributed by atoms with E-state index < -0.39 is 0 Å². The second-order valence-electron chi connectivity index (χ2n) is 4.62. The maximum atomic E-state index is 10.1. The number of hydrogen-bond donors (Lipinski definition) is 2. The molecule has 5 nitrogen and oxygen atoms in total. The molecule has 0 aliphatic heterocycles. The predicted octanol–water partition coefficient (Wildman–Crippen LogP) is 0.851. The van der Waals surface area contributed by atoms with Gasteiger partial charge in [-0.3, -0.25) is 0 Å². The van der Waals surface area contributed by atoms with E-state index in [0.29, 0.717) is 11.5 Å². The average Bonchev–Trinajstić information content (AvgIpc) is 2.38. The Morgan fingerprint density at radius 3 is 2.72 bits per heavy atom. The zero-order valence-corrected chi connectivity index (χ0v) is 11.2. The summed E-state index contributed by atoms with van der Waals surface area (Å²) in [7, 11) is 1.91. The lowest BCUT2D eigenvalue weighted by Crippen LogP contribution is -2.44. The van der Waals surface area contributed by atoms with Gasteiger partial charge in [0.15, 0.2) is 5.82 Å². The Morgan fingerprint density at radius 2 is 2.06 bits per heavy atom. The molecule has 0 saturated heterocycles. The fourth-order valence-electron chi connectivity index (χ4n) is 2.46. The topological polar surface area (TPSA) is 75.3 Å². The molecule has 1 aromatic heterocycles. The molecule has 3 N–H and O–H groups in total. The number of aliphatic hydroxyl groups excluding tert-OH is 1. The molecular formula is C12H18N4OS. The number of nitrogens with zero attached hydrogens (tertiary/aromatic N) is 3. The van der Waals surface area contributed by atoms with E-state index in [0.717, 1.165) is 25.7 Å². The van der Waals surface area contributed by atoms with Crippen molar-refractivity contribution in [1.82, 2.24) is 9.97 Å². The highest BCUT2D eigenvalue weighted by molar-refractivity contribution is 7.80. The zero-order valence-electron chi connectivity index (χ0n) is 10.4. The van der Waals surface area contributed by atoms with Gasteiger partial charge >= 0.3 is 0 Å². The van der Waals surface area contributed by atoms with Crippen molar-refractivity contribution < 1.29 is 5.11 Å². The smallest absolute Gasteiger partial charge is 0.157 e. The van der Waals surface area contributed by atoms with Gasteiger partial charge in [0.2, 0.25) is 0 Å². The number of anilines is 1. The van der Waals surface area contributed by atoms with Crippen molar-refractivity contribution >= 4 is 23.0 Å². The molecule has 1 aromatic rings. The Labute approximate surface area is 112 Å². The third-order valence-electron chi connectivity index (χ3n) is 3.44. The highest BCUT2D eigenvalue weighted by atomic mass is 32.1. The van der Waals surface area contributed by atoms with Crippen LogP contribution in [0.3, 0.4) is 0 Å². The second kappa shape index (κ2) is 5.58. The Morgan fingerprint density at radius 1 is 1.39 bits per heavy atom. The van der Waals surface area contributed by atoms with Gasteiger partial charge in [-0.1, -0.05) is 25.1 Å². The van der Waals surface area contributed by atoms with Crippen LogP contribution in [0.1, 0.15) is 31.4 Å². The highest BCUT2D eigenvalue weighted by Gasteiger charge is 2.29. The molecule has 0 radical (unpaired) electrons. The molecule has 1 saturated carbocycles. The Bertz CT molecular complexity index is 440. The standard InChI is InChI=1S/C12H18N4OS/c1-16(8-4-2-3-5-9(8)17)12-10(11(13)18)14-6-7-15-12/h6-9,17H,2-5H2,1H3,(H2,13,18). The van der Waals surface area contributed by atoms with Gasteiger partial charge in [-0.15, -0.1) is 0 Å². The molecule has 6 heteroatoms. The van der Waals surface area contributed by atoms with Gasteiger partial charge in [0.05, 0.1) is 12.1 Å². The van der Waals surface area contributed by atoms with Gasteiger partial charge in [-0.2, -0.15) is 0 Å². The monoisotopic (exact) mass is 266 g/mol. The van der Waals surface area contributed by atoms with Crippen molar-refractivity contribution in [1.29, 1.82) is 0 Å². The number of rotatable bonds is 3. The van der Waals surface area contributed by atoms with Crippen molar-refractivity contribution in [2.45, 2.75) is 37.8 Å². The third kappa shape index (κ3) is 2.59. The molecule has 1 heterocycles. The van der Waals surface area contributed by atoms with Crippen LogP contribution in [0.5, 0.6) is 0 Å². The van der Waals surface area contributed by atoms with Gasteiger partial charge in [-0.05, 0) is 12.8 Å². The molecule has 18 heavy (non-hydrogen) atoms. The molecule has 0 bridgehead atoms. The molecule has 2 atom stereocenters. The summed E-state index contributed by atoms with van der Waals surface area (Å²) in [4.78, 5) is 10.6. The normalized spacial score (nSPS) is 23.7. The first kappa shape index (κ1) is 13.2.